The van der Waals surface area contributed by atoms with Gasteiger partial charge in [-0.05, 0) is 38.5 Å². The van der Waals surface area contributed by atoms with E-state index < -0.39 is 0 Å². The Bertz CT molecular complexity index is 308. The van der Waals surface area contributed by atoms with E-state index in [0.717, 1.165) is 32.3 Å². The molecule has 2 N–H and O–H groups in total. The highest BCUT2D eigenvalue weighted by atomic mass is 16.5. The number of carbonyl (C=O) groups is 1. The molecule has 2 rings (SSSR count). The first-order valence-electron chi connectivity index (χ1n) is 7.14. The van der Waals surface area contributed by atoms with Crippen molar-refractivity contribution < 1.29 is 9.53 Å². The van der Waals surface area contributed by atoms with Crippen molar-refractivity contribution in [2.24, 2.45) is 17.6 Å². The highest BCUT2D eigenvalue weighted by Gasteiger charge is 2.37. The molecule has 2 fully saturated rings. The third kappa shape index (κ3) is 2.69. The maximum atomic E-state index is 12.6. The Labute approximate surface area is 110 Å². The largest absolute Gasteiger partial charge is 0.376 e. The lowest BCUT2D eigenvalue weighted by Gasteiger charge is -2.36. The van der Waals surface area contributed by atoms with Gasteiger partial charge in [0.15, 0.2) is 0 Å². The summed E-state index contributed by atoms with van der Waals surface area (Å²) in [4.78, 5) is 14.5. The van der Waals surface area contributed by atoms with Crippen LogP contribution in [0.15, 0.2) is 0 Å². The summed E-state index contributed by atoms with van der Waals surface area (Å²) in [7, 11) is 1.91. The van der Waals surface area contributed by atoms with E-state index in [9.17, 15) is 4.79 Å². The molecule has 1 aliphatic carbocycles. The van der Waals surface area contributed by atoms with E-state index in [1.54, 1.807) is 0 Å². The van der Waals surface area contributed by atoms with E-state index in [1.807, 2.05) is 18.9 Å². The fourth-order valence-electron chi connectivity index (χ4n) is 3.34. The van der Waals surface area contributed by atoms with Crippen molar-refractivity contribution in [2.45, 2.75) is 57.7 Å². The Hall–Kier alpha value is -0.610. The van der Waals surface area contributed by atoms with Crippen LogP contribution in [0.25, 0.3) is 0 Å². The minimum Gasteiger partial charge on any atom is -0.376 e. The van der Waals surface area contributed by atoms with Gasteiger partial charge in [0.1, 0.15) is 0 Å². The number of rotatable bonds is 2. The van der Waals surface area contributed by atoms with Crippen LogP contribution < -0.4 is 5.73 Å². The lowest BCUT2D eigenvalue weighted by Crippen LogP contribution is -2.50. The van der Waals surface area contributed by atoms with Crippen LogP contribution in [0.1, 0.15) is 39.5 Å². The lowest BCUT2D eigenvalue weighted by atomic mass is 9.78. The summed E-state index contributed by atoms with van der Waals surface area (Å²) in [5.41, 5.74) is 6.13. The summed E-state index contributed by atoms with van der Waals surface area (Å²) in [6.45, 7) is 5.02. The average molecular weight is 254 g/mol. The van der Waals surface area contributed by atoms with E-state index in [2.05, 4.69) is 6.92 Å². The zero-order valence-corrected chi connectivity index (χ0v) is 11.8. The topological polar surface area (TPSA) is 55.6 Å². The molecule has 1 aliphatic heterocycles. The predicted molar refractivity (Wildman–Crippen MR) is 71.1 cm³/mol. The Morgan fingerprint density at radius 1 is 1.28 bits per heavy atom. The molecule has 0 aromatic heterocycles. The monoisotopic (exact) mass is 254 g/mol. The maximum Gasteiger partial charge on any atom is 0.227 e. The molecule has 0 bridgehead atoms. The van der Waals surface area contributed by atoms with Crippen LogP contribution in [0.3, 0.4) is 0 Å². The minimum absolute atomic E-state index is 0.00606. The van der Waals surface area contributed by atoms with Crippen LogP contribution in [0.2, 0.25) is 0 Å². The maximum absolute atomic E-state index is 12.6. The van der Waals surface area contributed by atoms with E-state index in [0.29, 0.717) is 5.92 Å². The van der Waals surface area contributed by atoms with Crippen LogP contribution in [-0.4, -0.2) is 42.6 Å². The molecule has 1 amide bonds. The van der Waals surface area contributed by atoms with Crippen LogP contribution in [0, 0.1) is 11.8 Å². The number of hydrogen-bond acceptors (Lipinski definition) is 3. The zero-order chi connectivity index (χ0) is 13.3. The number of hydrogen-bond donors (Lipinski definition) is 1. The van der Waals surface area contributed by atoms with Gasteiger partial charge >= 0.3 is 0 Å². The summed E-state index contributed by atoms with van der Waals surface area (Å²) in [6.07, 6.45) is 4.16. The van der Waals surface area contributed by atoms with Crippen molar-refractivity contribution in [3.63, 3.8) is 0 Å². The van der Waals surface area contributed by atoms with Crippen LogP contribution in [0.4, 0.5) is 0 Å². The van der Waals surface area contributed by atoms with Crippen LogP contribution in [-0.2, 0) is 9.53 Å². The number of ether oxygens (including phenoxy) is 1. The second-order valence-corrected chi connectivity index (χ2v) is 6.07. The Morgan fingerprint density at radius 3 is 2.61 bits per heavy atom. The molecule has 4 heteroatoms. The third-order valence-corrected chi connectivity index (χ3v) is 4.66. The van der Waals surface area contributed by atoms with Crippen LogP contribution >= 0.6 is 0 Å². The van der Waals surface area contributed by atoms with Gasteiger partial charge in [-0.2, -0.15) is 0 Å². The Balaban J connectivity index is 2.00. The molecule has 0 spiro atoms. The molecule has 2 aliphatic rings. The van der Waals surface area contributed by atoms with Crippen molar-refractivity contribution in [3.8, 4) is 0 Å². The molecule has 4 nitrogen and oxygen atoms in total. The van der Waals surface area contributed by atoms with Crippen LogP contribution in [0.5, 0.6) is 0 Å². The molecular weight excluding hydrogens is 228 g/mol. The van der Waals surface area contributed by atoms with E-state index in [1.165, 1.54) is 0 Å². The molecule has 5 atom stereocenters. The van der Waals surface area contributed by atoms with Crippen molar-refractivity contribution in [1.82, 2.24) is 4.90 Å². The van der Waals surface area contributed by atoms with Crippen molar-refractivity contribution in [3.05, 3.63) is 0 Å². The van der Waals surface area contributed by atoms with Gasteiger partial charge in [-0.25, -0.2) is 0 Å². The normalized spacial score (nSPS) is 40.8. The van der Waals surface area contributed by atoms with Crippen molar-refractivity contribution in [2.75, 3.05) is 13.7 Å². The standard InChI is InChI=1S/C14H26N2O2/c1-9-4-5-12(15)11(8-9)14(17)16(3)13-6-7-18-10(13)2/h9-13H,4-8,15H2,1-3H3. The van der Waals surface area contributed by atoms with Gasteiger partial charge < -0.3 is 15.4 Å². The highest BCUT2D eigenvalue weighted by molar-refractivity contribution is 5.79. The van der Waals surface area contributed by atoms with Gasteiger partial charge in [-0.15, -0.1) is 0 Å². The number of carbonyl (C=O) groups excluding carboxylic acids is 1. The van der Waals surface area contributed by atoms with Gasteiger partial charge in [0.05, 0.1) is 18.1 Å². The van der Waals surface area contributed by atoms with Gasteiger partial charge in [0.25, 0.3) is 0 Å². The number of likely N-dealkylation sites (N-methyl/N-ethyl adjacent to an activating group) is 1. The summed E-state index contributed by atoms with van der Waals surface area (Å²) >= 11 is 0. The zero-order valence-electron chi connectivity index (χ0n) is 11.8. The Morgan fingerprint density at radius 2 is 2.00 bits per heavy atom. The first-order valence-corrected chi connectivity index (χ1v) is 7.14. The quantitative estimate of drug-likeness (QED) is 0.810. The molecule has 5 unspecified atom stereocenters. The number of amides is 1. The molecule has 18 heavy (non-hydrogen) atoms. The summed E-state index contributed by atoms with van der Waals surface area (Å²) in [6, 6.07) is 0.260. The minimum atomic E-state index is 0.00606. The summed E-state index contributed by atoms with van der Waals surface area (Å²) in [5, 5.41) is 0. The predicted octanol–water partition coefficient (Wildman–Crippen LogP) is 1.39. The first kappa shape index (κ1) is 13.8. The highest BCUT2D eigenvalue weighted by Crippen LogP contribution is 2.30. The SMILES string of the molecule is CC1CCC(N)C(C(=O)N(C)C2CCOC2C)C1. The van der Waals surface area contributed by atoms with Gasteiger partial charge in [0, 0.05) is 19.7 Å². The van der Waals surface area contributed by atoms with Crippen molar-refractivity contribution in [1.29, 1.82) is 0 Å². The molecule has 1 saturated carbocycles. The molecule has 0 aromatic rings. The average Bonchev–Trinajstić information content (AvgIpc) is 2.77. The van der Waals surface area contributed by atoms with E-state index in [4.69, 9.17) is 10.5 Å². The molecule has 0 radical (unpaired) electrons. The van der Waals surface area contributed by atoms with E-state index >= 15 is 0 Å². The summed E-state index contributed by atoms with van der Waals surface area (Å²) in [5.74, 6) is 0.840. The van der Waals surface area contributed by atoms with Gasteiger partial charge in [0.2, 0.25) is 5.91 Å². The molecule has 0 aromatic carbocycles. The second-order valence-electron chi connectivity index (χ2n) is 6.07. The lowest BCUT2D eigenvalue weighted by molar-refractivity contribution is -0.139. The number of nitrogens with zero attached hydrogens (tertiary/aromatic N) is 1. The molecule has 104 valence electrons. The summed E-state index contributed by atoms with van der Waals surface area (Å²) < 4.78 is 5.55. The van der Waals surface area contributed by atoms with Gasteiger partial charge in [-0.1, -0.05) is 6.92 Å². The Kier molecular flexibility index (Phi) is 4.28. The number of nitrogens with two attached hydrogens (primary N) is 1. The van der Waals surface area contributed by atoms with Crippen molar-refractivity contribution >= 4 is 5.91 Å². The third-order valence-electron chi connectivity index (χ3n) is 4.66. The van der Waals surface area contributed by atoms with Gasteiger partial charge in [-0.3, -0.25) is 4.79 Å². The second kappa shape index (κ2) is 5.57. The fraction of sp³-hybridized carbons (Fsp3) is 0.929. The molecular formula is C14H26N2O2. The fourth-order valence-corrected chi connectivity index (χ4v) is 3.34. The molecule has 1 saturated heterocycles. The molecule has 1 heterocycles. The van der Waals surface area contributed by atoms with E-state index in [-0.39, 0.29) is 30.0 Å². The smallest absolute Gasteiger partial charge is 0.227 e. The first-order chi connectivity index (χ1) is 8.50.